The van der Waals surface area contributed by atoms with Gasteiger partial charge in [-0.05, 0) is 92.3 Å². The van der Waals surface area contributed by atoms with Gasteiger partial charge in [0, 0.05) is 54.2 Å². The number of hydrogen-bond acceptors (Lipinski definition) is 5. The second-order valence-corrected chi connectivity index (χ2v) is 15.7. The summed E-state index contributed by atoms with van der Waals surface area (Å²) in [5, 5.41) is 11.0. The van der Waals surface area contributed by atoms with Crippen LogP contribution in [-0.4, -0.2) is 15.0 Å². The Morgan fingerprint density at radius 3 is 2.12 bits per heavy atom. The molecule has 4 nitrogen and oxygen atoms in total. The molecule has 0 fully saturated rings. The Labute approximate surface area is 326 Å². The molecule has 8 aromatic carbocycles. The second kappa shape index (κ2) is 12.3. The van der Waals surface area contributed by atoms with E-state index in [1.54, 1.807) is 0 Å². The Bertz CT molecular complexity index is 3430. The van der Waals surface area contributed by atoms with Crippen LogP contribution in [0, 0.1) is 0 Å². The van der Waals surface area contributed by atoms with E-state index < -0.39 is 0 Å². The second-order valence-electron chi connectivity index (χ2n) is 14.6. The van der Waals surface area contributed by atoms with Crippen molar-refractivity contribution in [1.82, 2.24) is 15.0 Å². The molecule has 12 rings (SSSR count). The molecule has 3 heterocycles. The van der Waals surface area contributed by atoms with Gasteiger partial charge in [-0.1, -0.05) is 121 Å². The maximum atomic E-state index is 6.25. The Balaban J connectivity index is 1.08. The minimum Gasteiger partial charge on any atom is -0.460 e. The highest BCUT2D eigenvalue weighted by atomic mass is 32.1. The van der Waals surface area contributed by atoms with Crippen LogP contribution in [-0.2, 0) is 6.42 Å². The third kappa shape index (κ3) is 4.88. The summed E-state index contributed by atoms with van der Waals surface area (Å²) < 4.78 is 8.68. The molecule has 0 aliphatic heterocycles. The van der Waals surface area contributed by atoms with E-state index in [4.69, 9.17) is 19.4 Å². The predicted molar refractivity (Wildman–Crippen MR) is 234 cm³/mol. The van der Waals surface area contributed by atoms with E-state index in [0.717, 1.165) is 57.2 Å². The van der Waals surface area contributed by atoms with Crippen molar-refractivity contribution in [3.05, 3.63) is 169 Å². The number of thiophene rings is 1. The highest BCUT2D eigenvalue weighted by Crippen LogP contribution is 2.44. The zero-order chi connectivity index (χ0) is 36.7. The van der Waals surface area contributed by atoms with Crippen molar-refractivity contribution in [2.24, 2.45) is 0 Å². The van der Waals surface area contributed by atoms with E-state index >= 15 is 0 Å². The number of rotatable bonds is 4. The maximum absolute atomic E-state index is 6.25. The van der Waals surface area contributed by atoms with Gasteiger partial charge in [0.2, 0.25) is 0 Å². The van der Waals surface area contributed by atoms with E-state index in [1.807, 2.05) is 29.5 Å². The van der Waals surface area contributed by atoms with Crippen molar-refractivity contribution in [2.45, 2.75) is 12.8 Å². The molecule has 1 aliphatic rings. The SMILES string of the molecule is C1=Cc2c(oc3ccc(-c4nc(-c5ccccc5)nc(-c5cccc6sc7ccc(-c8cc9c%10ccccc%10ccc9c9ccccc89)cc7c56)n4)cc23)CC1. The molecular formula is C51H31N3OS. The smallest absolute Gasteiger partial charge is 0.164 e. The number of fused-ring (bicyclic) bond motifs is 11. The summed E-state index contributed by atoms with van der Waals surface area (Å²) in [5.74, 6) is 2.98. The highest BCUT2D eigenvalue weighted by molar-refractivity contribution is 7.26. The lowest BCUT2D eigenvalue weighted by Crippen LogP contribution is -2.00. The van der Waals surface area contributed by atoms with Gasteiger partial charge in [0.25, 0.3) is 0 Å². The summed E-state index contributed by atoms with van der Waals surface area (Å²) in [6, 6.07) is 54.3. The van der Waals surface area contributed by atoms with Crippen LogP contribution in [0.15, 0.2) is 162 Å². The summed E-state index contributed by atoms with van der Waals surface area (Å²) in [6.45, 7) is 0. The van der Waals surface area contributed by atoms with E-state index in [0.29, 0.717) is 17.5 Å². The standard InChI is InChI=1S/C51H31N3OS/c1-2-12-31(13-3-1)49-52-50(33-22-25-45-42(28-33)38-17-8-9-19-44(38)55-45)54-51(53-49)39-18-10-20-47-48(39)43-27-32(23-26-46(43)56-47)40-29-41-34-14-5-4-11-30(34)21-24-37(41)35-15-6-7-16-36(35)40/h1-8,10-18,20-29H,9,19H2. The molecule has 0 unspecified atom stereocenters. The molecule has 0 bridgehead atoms. The van der Waals surface area contributed by atoms with Crippen molar-refractivity contribution >= 4 is 80.9 Å². The van der Waals surface area contributed by atoms with E-state index in [1.165, 1.54) is 58.2 Å². The number of aromatic nitrogens is 3. The predicted octanol–water partition coefficient (Wildman–Crippen LogP) is 14.1. The zero-order valence-corrected chi connectivity index (χ0v) is 31.0. The first kappa shape index (κ1) is 31.4. The van der Waals surface area contributed by atoms with Gasteiger partial charge in [0.15, 0.2) is 17.5 Å². The third-order valence-electron chi connectivity index (χ3n) is 11.4. The van der Waals surface area contributed by atoms with Gasteiger partial charge < -0.3 is 4.42 Å². The first-order valence-corrected chi connectivity index (χ1v) is 19.9. The molecule has 0 spiro atoms. The lowest BCUT2D eigenvalue weighted by atomic mass is 9.90. The van der Waals surface area contributed by atoms with Crippen LogP contribution in [0.2, 0.25) is 0 Å². The first-order valence-electron chi connectivity index (χ1n) is 19.1. The van der Waals surface area contributed by atoms with E-state index in [-0.39, 0.29) is 0 Å². The molecule has 262 valence electrons. The summed E-state index contributed by atoms with van der Waals surface area (Å²) >= 11 is 1.81. The van der Waals surface area contributed by atoms with Crippen LogP contribution in [0.1, 0.15) is 17.7 Å². The van der Waals surface area contributed by atoms with Gasteiger partial charge in [-0.2, -0.15) is 0 Å². The molecule has 11 aromatic rings. The number of furan rings is 1. The number of hydrogen-bond donors (Lipinski definition) is 0. The fraction of sp³-hybridized carbons (Fsp3) is 0.0392. The highest BCUT2D eigenvalue weighted by Gasteiger charge is 2.20. The lowest BCUT2D eigenvalue weighted by Gasteiger charge is -2.13. The van der Waals surface area contributed by atoms with Crippen molar-refractivity contribution in [1.29, 1.82) is 0 Å². The largest absolute Gasteiger partial charge is 0.460 e. The average Bonchev–Trinajstić information content (AvgIpc) is 3.84. The minimum absolute atomic E-state index is 0.637. The van der Waals surface area contributed by atoms with Crippen LogP contribution in [0.5, 0.6) is 0 Å². The van der Waals surface area contributed by atoms with Crippen LogP contribution < -0.4 is 0 Å². The fourth-order valence-corrected chi connectivity index (χ4v) is 9.83. The molecule has 3 aromatic heterocycles. The van der Waals surface area contributed by atoms with Gasteiger partial charge >= 0.3 is 0 Å². The molecule has 0 atom stereocenters. The molecule has 0 N–H and O–H groups in total. The number of benzene rings is 8. The van der Waals surface area contributed by atoms with Crippen LogP contribution in [0.4, 0.5) is 0 Å². The lowest BCUT2D eigenvalue weighted by molar-refractivity contribution is 0.546. The summed E-state index contributed by atoms with van der Waals surface area (Å²) in [4.78, 5) is 15.5. The third-order valence-corrected chi connectivity index (χ3v) is 12.5. The molecule has 1 aliphatic carbocycles. The number of nitrogens with zero attached hydrogens (tertiary/aromatic N) is 3. The Morgan fingerprint density at radius 2 is 1.21 bits per heavy atom. The van der Waals surface area contributed by atoms with Crippen molar-refractivity contribution in [3.8, 4) is 45.3 Å². The molecule has 0 saturated heterocycles. The molecule has 0 radical (unpaired) electrons. The zero-order valence-electron chi connectivity index (χ0n) is 30.2. The summed E-state index contributed by atoms with van der Waals surface area (Å²) in [7, 11) is 0. The van der Waals surface area contributed by atoms with Gasteiger partial charge in [-0.25, -0.2) is 15.0 Å². The average molecular weight is 734 g/mol. The first-order chi connectivity index (χ1) is 27.7. The minimum atomic E-state index is 0.637. The van der Waals surface area contributed by atoms with Crippen molar-refractivity contribution in [2.75, 3.05) is 0 Å². The van der Waals surface area contributed by atoms with Crippen molar-refractivity contribution < 1.29 is 4.42 Å². The van der Waals surface area contributed by atoms with Gasteiger partial charge in [-0.15, -0.1) is 11.3 Å². The van der Waals surface area contributed by atoms with Crippen molar-refractivity contribution in [3.63, 3.8) is 0 Å². The maximum Gasteiger partial charge on any atom is 0.164 e. The molecule has 56 heavy (non-hydrogen) atoms. The van der Waals surface area contributed by atoms with Gasteiger partial charge in [0.1, 0.15) is 11.3 Å². The molecular weight excluding hydrogens is 703 g/mol. The van der Waals surface area contributed by atoms with E-state index in [9.17, 15) is 0 Å². The van der Waals surface area contributed by atoms with Gasteiger partial charge in [0.05, 0.1) is 0 Å². The Morgan fingerprint density at radius 1 is 0.464 bits per heavy atom. The molecule has 0 amide bonds. The van der Waals surface area contributed by atoms with Gasteiger partial charge in [-0.3, -0.25) is 0 Å². The monoisotopic (exact) mass is 733 g/mol. The summed E-state index contributed by atoms with van der Waals surface area (Å²) in [5.41, 5.74) is 7.33. The molecule has 0 saturated carbocycles. The normalized spacial score (nSPS) is 12.8. The number of aryl methyl sites for hydroxylation is 1. The number of allylic oxidation sites excluding steroid dienone is 1. The van der Waals surface area contributed by atoms with E-state index in [2.05, 4.69) is 146 Å². The Kier molecular flexibility index (Phi) is 6.89. The molecule has 5 heteroatoms. The summed E-state index contributed by atoms with van der Waals surface area (Å²) in [6.07, 6.45) is 6.32. The Hall–Kier alpha value is -6.95. The van der Waals surface area contributed by atoms with Crippen LogP contribution >= 0.6 is 11.3 Å². The van der Waals surface area contributed by atoms with Crippen LogP contribution in [0.3, 0.4) is 0 Å². The van der Waals surface area contributed by atoms with Crippen LogP contribution in [0.25, 0.3) is 115 Å². The topological polar surface area (TPSA) is 51.8 Å². The quantitative estimate of drug-likeness (QED) is 0.169. The fourth-order valence-electron chi connectivity index (χ4n) is 8.71.